The van der Waals surface area contributed by atoms with Crippen LogP contribution in [0.1, 0.15) is 11.1 Å². The number of hydrogen-bond donors (Lipinski definition) is 4. The van der Waals surface area contributed by atoms with Gasteiger partial charge in [-0.05, 0) is 12.5 Å². The van der Waals surface area contributed by atoms with E-state index in [1.165, 1.54) is 5.56 Å². The molecule has 0 aliphatic rings. The first-order valence-electron chi connectivity index (χ1n) is 4.00. The third-order valence-electron chi connectivity index (χ3n) is 1.70. The first-order valence-corrected chi connectivity index (χ1v) is 4.00. The standard InChI is InChI=1S/C9H13N3O/c1-7-2-4-8(5-3-7)6-11-9(10)12-13/h2-5,13H,6H2,1H3,(H3,10,11,12). The molecule has 0 bridgehead atoms. The Morgan fingerprint density at radius 3 is 2.54 bits per heavy atom. The Morgan fingerprint density at radius 1 is 1.38 bits per heavy atom. The molecule has 0 aliphatic heterocycles. The maximum absolute atomic E-state index is 8.32. The number of guanidine groups is 1. The molecule has 4 heteroatoms. The second-order valence-corrected chi connectivity index (χ2v) is 2.83. The first kappa shape index (κ1) is 9.54. The van der Waals surface area contributed by atoms with Crippen molar-refractivity contribution in [3.05, 3.63) is 35.4 Å². The highest BCUT2D eigenvalue weighted by Crippen LogP contribution is 2.01. The fourth-order valence-electron chi connectivity index (χ4n) is 0.936. The Kier molecular flexibility index (Phi) is 3.28. The molecule has 0 radical (unpaired) electrons. The predicted molar refractivity (Wildman–Crippen MR) is 50.7 cm³/mol. The van der Waals surface area contributed by atoms with Crippen molar-refractivity contribution in [1.29, 1.82) is 5.41 Å². The van der Waals surface area contributed by atoms with Gasteiger partial charge in [0.2, 0.25) is 5.96 Å². The molecule has 1 aromatic rings. The monoisotopic (exact) mass is 179 g/mol. The molecule has 0 spiro atoms. The third kappa shape index (κ3) is 3.13. The Labute approximate surface area is 77.1 Å². The van der Waals surface area contributed by atoms with Crippen LogP contribution in [0.4, 0.5) is 0 Å². The summed E-state index contributed by atoms with van der Waals surface area (Å²) in [4.78, 5) is 0. The lowest BCUT2D eigenvalue weighted by atomic mass is 10.1. The minimum atomic E-state index is -0.0967. The average Bonchev–Trinajstić information content (AvgIpc) is 2.16. The molecule has 0 atom stereocenters. The maximum Gasteiger partial charge on any atom is 0.212 e. The van der Waals surface area contributed by atoms with E-state index in [4.69, 9.17) is 10.6 Å². The summed E-state index contributed by atoms with van der Waals surface area (Å²) >= 11 is 0. The van der Waals surface area contributed by atoms with Gasteiger partial charge in [0.25, 0.3) is 0 Å². The van der Waals surface area contributed by atoms with E-state index in [1.807, 2.05) is 31.2 Å². The van der Waals surface area contributed by atoms with Crippen molar-refractivity contribution in [2.75, 3.05) is 0 Å². The molecule has 0 aromatic heterocycles. The number of rotatable bonds is 2. The quantitative estimate of drug-likeness (QED) is 0.311. The van der Waals surface area contributed by atoms with Crippen molar-refractivity contribution >= 4 is 5.96 Å². The van der Waals surface area contributed by atoms with Gasteiger partial charge in [0.1, 0.15) is 0 Å². The van der Waals surface area contributed by atoms with E-state index in [1.54, 1.807) is 5.48 Å². The molecule has 0 amide bonds. The van der Waals surface area contributed by atoms with E-state index in [0.29, 0.717) is 6.54 Å². The van der Waals surface area contributed by atoms with Crippen LogP contribution in [0.25, 0.3) is 0 Å². The molecule has 0 unspecified atom stereocenters. The summed E-state index contributed by atoms with van der Waals surface area (Å²) in [6.45, 7) is 2.56. The van der Waals surface area contributed by atoms with E-state index in [0.717, 1.165) is 5.56 Å². The van der Waals surface area contributed by atoms with Gasteiger partial charge < -0.3 is 5.32 Å². The van der Waals surface area contributed by atoms with Crippen molar-refractivity contribution in [3.63, 3.8) is 0 Å². The molecule has 0 heterocycles. The van der Waals surface area contributed by atoms with Crippen LogP contribution < -0.4 is 10.8 Å². The van der Waals surface area contributed by atoms with Crippen LogP contribution in [0.15, 0.2) is 24.3 Å². The van der Waals surface area contributed by atoms with Gasteiger partial charge in [-0.25, -0.2) is 5.48 Å². The summed E-state index contributed by atoms with van der Waals surface area (Å²) in [7, 11) is 0. The van der Waals surface area contributed by atoms with Gasteiger partial charge in [0.15, 0.2) is 0 Å². The Hall–Kier alpha value is -1.55. The van der Waals surface area contributed by atoms with E-state index >= 15 is 0 Å². The second kappa shape index (κ2) is 4.47. The highest BCUT2D eigenvalue weighted by Gasteiger charge is 1.93. The van der Waals surface area contributed by atoms with E-state index in [2.05, 4.69) is 5.32 Å². The van der Waals surface area contributed by atoms with Crippen molar-refractivity contribution in [2.24, 2.45) is 0 Å². The first-order chi connectivity index (χ1) is 6.22. The molecule has 0 aliphatic carbocycles. The molecule has 4 nitrogen and oxygen atoms in total. The van der Waals surface area contributed by atoms with Gasteiger partial charge in [-0.15, -0.1) is 0 Å². The zero-order chi connectivity index (χ0) is 9.68. The smallest absolute Gasteiger partial charge is 0.212 e. The van der Waals surface area contributed by atoms with Crippen LogP contribution in [-0.2, 0) is 6.54 Å². The molecule has 13 heavy (non-hydrogen) atoms. The number of hydroxylamine groups is 1. The van der Waals surface area contributed by atoms with Crippen LogP contribution >= 0.6 is 0 Å². The van der Waals surface area contributed by atoms with Crippen molar-refractivity contribution < 1.29 is 5.21 Å². The number of aryl methyl sites for hydroxylation is 1. The molecule has 0 saturated carbocycles. The van der Waals surface area contributed by atoms with Crippen molar-refractivity contribution in [1.82, 2.24) is 10.8 Å². The molecule has 0 fully saturated rings. The van der Waals surface area contributed by atoms with E-state index < -0.39 is 0 Å². The second-order valence-electron chi connectivity index (χ2n) is 2.83. The fraction of sp³-hybridized carbons (Fsp3) is 0.222. The van der Waals surface area contributed by atoms with Gasteiger partial charge in [-0.1, -0.05) is 29.8 Å². The lowest BCUT2D eigenvalue weighted by Crippen LogP contribution is -2.33. The summed E-state index contributed by atoms with van der Waals surface area (Å²) < 4.78 is 0. The van der Waals surface area contributed by atoms with Crippen molar-refractivity contribution in [2.45, 2.75) is 13.5 Å². The summed E-state index contributed by atoms with van der Waals surface area (Å²) in [5.74, 6) is -0.0967. The number of hydrogen-bond acceptors (Lipinski definition) is 2. The summed E-state index contributed by atoms with van der Waals surface area (Å²) in [6.07, 6.45) is 0. The summed E-state index contributed by atoms with van der Waals surface area (Å²) in [5.41, 5.74) is 4.00. The molecular formula is C9H13N3O. The van der Waals surface area contributed by atoms with Crippen LogP contribution in [-0.4, -0.2) is 11.2 Å². The van der Waals surface area contributed by atoms with Crippen molar-refractivity contribution in [3.8, 4) is 0 Å². The Bertz CT molecular complexity index is 281. The van der Waals surface area contributed by atoms with E-state index in [-0.39, 0.29) is 5.96 Å². The highest BCUT2D eigenvalue weighted by atomic mass is 16.5. The topological polar surface area (TPSA) is 68.1 Å². The van der Waals surface area contributed by atoms with Crippen LogP contribution in [0.3, 0.4) is 0 Å². The molecule has 1 rings (SSSR count). The van der Waals surface area contributed by atoms with Gasteiger partial charge in [0, 0.05) is 6.54 Å². The summed E-state index contributed by atoms with van der Waals surface area (Å²) in [6, 6.07) is 7.97. The fourth-order valence-corrected chi connectivity index (χ4v) is 0.936. The van der Waals surface area contributed by atoms with Crippen LogP contribution in [0.5, 0.6) is 0 Å². The predicted octanol–water partition coefficient (Wildman–Crippen LogP) is 0.998. The molecule has 1 aromatic carbocycles. The van der Waals surface area contributed by atoms with Gasteiger partial charge in [-0.2, -0.15) is 0 Å². The highest BCUT2D eigenvalue weighted by molar-refractivity contribution is 5.74. The van der Waals surface area contributed by atoms with Gasteiger partial charge >= 0.3 is 0 Å². The zero-order valence-electron chi connectivity index (χ0n) is 7.46. The number of nitrogens with one attached hydrogen (secondary N) is 3. The third-order valence-corrected chi connectivity index (χ3v) is 1.70. The van der Waals surface area contributed by atoms with E-state index in [9.17, 15) is 0 Å². The van der Waals surface area contributed by atoms with Crippen LogP contribution in [0.2, 0.25) is 0 Å². The molecular weight excluding hydrogens is 166 g/mol. The lowest BCUT2D eigenvalue weighted by molar-refractivity contribution is 0.228. The normalized spacial score (nSPS) is 9.38. The molecule has 4 N–H and O–H groups in total. The summed E-state index contributed by atoms with van der Waals surface area (Å²) in [5, 5.41) is 18.1. The maximum atomic E-state index is 8.32. The van der Waals surface area contributed by atoms with Gasteiger partial charge in [-0.3, -0.25) is 10.6 Å². The minimum Gasteiger partial charge on any atom is -0.351 e. The van der Waals surface area contributed by atoms with Crippen LogP contribution in [0, 0.1) is 12.3 Å². The molecule has 0 saturated heterocycles. The Morgan fingerprint density at radius 2 is 2.00 bits per heavy atom. The zero-order valence-corrected chi connectivity index (χ0v) is 7.46. The molecule has 70 valence electrons. The average molecular weight is 179 g/mol. The minimum absolute atomic E-state index is 0.0967. The number of benzene rings is 1. The Balaban J connectivity index is 2.46. The SMILES string of the molecule is Cc1ccc(CNC(=N)NO)cc1. The largest absolute Gasteiger partial charge is 0.351 e. The van der Waals surface area contributed by atoms with Gasteiger partial charge in [0.05, 0.1) is 0 Å². The lowest BCUT2D eigenvalue weighted by Gasteiger charge is -2.05.